The Bertz CT molecular complexity index is 1300. The van der Waals surface area contributed by atoms with Gasteiger partial charge < -0.3 is 25.2 Å². The number of thiazole rings is 1. The van der Waals surface area contributed by atoms with Gasteiger partial charge in [-0.3, -0.25) is 4.79 Å². The fraction of sp³-hybridized carbons (Fsp3) is 0.407. The van der Waals surface area contributed by atoms with Crippen molar-refractivity contribution in [3.05, 3.63) is 53.4 Å². The van der Waals surface area contributed by atoms with E-state index in [1.54, 1.807) is 27.0 Å². The van der Waals surface area contributed by atoms with Gasteiger partial charge in [-0.25, -0.2) is 14.8 Å². The molecular formula is C27H36ClN5O4S2. The van der Waals surface area contributed by atoms with Crippen LogP contribution in [-0.4, -0.2) is 57.3 Å². The molecule has 2 unspecified atom stereocenters. The first kappa shape index (κ1) is 30.7. The minimum absolute atomic E-state index is 0.326. The second-order valence-electron chi connectivity index (χ2n) is 10.1. The number of benzene rings is 1. The second kappa shape index (κ2) is 13.0. The van der Waals surface area contributed by atoms with Crippen LogP contribution in [0.25, 0.3) is 10.4 Å². The van der Waals surface area contributed by atoms with Crippen LogP contribution in [0.2, 0.25) is 5.15 Å². The number of alkyl carbamates (subject to hydrolysis) is 1. The molecule has 3 rings (SSSR count). The molecule has 2 heterocycles. The number of anilines is 2. The third-order valence-electron chi connectivity index (χ3n) is 5.53. The highest BCUT2D eigenvalue weighted by molar-refractivity contribution is 8.34. The molecule has 12 heteroatoms. The Labute approximate surface area is 240 Å². The van der Waals surface area contributed by atoms with Crippen molar-refractivity contribution in [2.45, 2.75) is 57.6 Å². The summed E-state index contributed by atoms with van der Waals surface area (Å²) in [7, 11) is -1.41. The van der Waals surface area contributed by atoms with Crippen LogP contribution in [0, 0.1) is 6.92 Å². The number of ether oxygens (including phenoxy) is 1. The molecule has 0 saturated heterocycles. The molecule has 212 valence electrons. The monoisotopic (exact) mass is 593 g/mol. The lowest BCUT2D eigenvalue weighted by atomic mass is 10.2. The minimum atomic E-state index is -1.41. The summed E-state index contributed by atoms with van der Waals surface area (Å²) in [6.07, 6.45) is 4.11. The second-order valence-corrected chi connectivity index (χ2v) is 14.7. The van der Waals surface area contributed by atoms with Crippen LogP contribution in [0.1, 0.15) is 39.8 Å². The van der Waals surface area contributed by atoms with Gasteiger partial charge in [0.05, 0.1) is 22.9 Å². The van der Waals surface area contributed by atoms with Crippen molar-refractivity contribution in [1.29, 1.82) is 0 Å². The fourth-order valence-corrected chi connectivity index (χ4v) is 7.63. The van der Waals surface area contributed by atoms with Crippen molar-refractivity contribution in [1.82, 2.24) is 15.3 Å². The van der Waals surface area contributed by atoms with E-state index in [4.69, 9.17) is 16.3 Å². The number of nitrogens with zero attached hydrogens (tertiary/aromatic N) is 2. The molecule has 3 aromatic rings. The number of amides is 2. The summed E-state index contributed by atoms with van der Waals surface area (Å²) < 4.78 is 8.86. The van der Waals surface area contributed by atoms with Crippen LogP contribution in [0.5, 0.6) is 0 Å². The summed E-state index contributed by atoms with van der Waals surface area (Å²) in [5.74, 6) is 0.360. The first-order valence-corrected chi connectivity index (χ1v) is 15.9. The molecular weight excluding hydrogens is 558 g/mol. The maximum Gasteiger partial charge on any atom is 0.408 e. The normalized spacial score (nSPS) is 14.6. The number of aliphatic hydroxyl groups is 1. The zero-order valence-corrected chi connectivity index (χ0v) is 25.4. The number of halogens is 1. The molecule has 1 aromatic carbocycles. The number of aliphatic hydroxyl groups excluding tert-OH is 1. The summed E-state index contributed by atoms with van der Waals surface area (Å²) >= 11 is 7.79. The van der Waals surface area contributed by atoms with Crippen molar-refractivity contribution in [3.8, 4) is 10.4 Å². The molecule has 4 N–H and O–H groups in total. The number of hydrogen-bond acceptors (Lipinski definition) is 8. The van der Waals surface area contributed by atoms with Crippen LogP contribution in [0.15, 0.2) is 47.5 Å². The lowest BCUT2D eigenvalue weighted by Gasteiger charge is -2.38. The van der Waals surface area contributed by atoms with Crippen molar-refractivity contribution >= 4 is 56.0 Å². The van der Waals surface area contributed by atoms with Crippen LogP contribution in [-0.2, 0) is 9.53 Å². The van der Waals surface area contributed by atoms with Gasteiger partial charge in [-0.2, -0.15) is 0 Å². The van der Waals surface area contributed by atoms with E-state index in [1.165, 1.54) is 16.2 Å². The van der Waals surface area contributed by atoms with Crippen LogP contribution >= 0.6 is 33.2 Å². The Hall–Kier alpha value is -2.86. The average molecular weight is 594 g/mol. The van der Waals surface area contributed by atoms with Crippen LogP contribution in [0.4, 0.5) is 15.6 Å². The SMILES string of the molecule is CCCS(C)(Nc1cc(-c2sc(NC(=O)C(CO)NC(=O)OC(C)(C)C)nc2C)cnc1Cl)c1ccccc1. The van der Waals surface area contributed by atoms with E-state index in [2.05, 4.69) is 50.6 Å². The van der Waals surface area contributed by atoms with Gasteiger partial charge in [-0.05, 0) is 64.3 Å². The van der Waals surface area contributed by atoms with Gasteiger partial charge in [0.1, 0.15) is 11.6 Å². The molecule has 0 aliphatic carbocycles. The largest absolute Gasteiger partial charge is 0.444 e. The van der Waals surface area contributed by atoms with Crippen molar-refractivity contribution in [2.24, 2.45) is 0 Å². The zero-order valence-electron chi connectivity index (χ0n) is 23.0. The summed E-state index contributed by atoms with van der Waals surface area (Å²) in [5, 5.41) is 15.4. The Balaban J connectivity index is 1.81. The Morgan fingerprint density at radius 2 is 1.92 bits per heavy atom. The Morgan fingerprint density at radius 1 is 1.23 bits per heavy atom. The van der Waals surface area contributed by atoms with Gasteiger partial charge in [0, 0.05) is 16.7 Å². The van der Waals surface area contributed by atoms with E-state index in [0.717, 1.165) is 28.3 Å². The highest BCUT2D eigenvalue weighted by Gasteiger charge is 2.26. The highest BCUT2D eigenvalue weighted by atomic mass is 35.5. The van der Waals surface area contributed by atoms with Crippen LogP contribution < -0.4 is 15.4 Å². The predicted octanol–water partition coefficient (Wildman–Crippen LogP) is 6.22. The number of carbonyl (C=O) groups is 2. The molecule has 2 amide bonds. The molecule has 0 radical (unpaired) electrons. The van der Waals surface area contributed by atoms with Gasteiger partial charge in [0.2, 0.25) is 0 Å². The van der Waals surface area contributed by atoms with Crippen LogP contribution in [0.3, 0.4) is 0 Å². The van der Waals surface area contributed by atoms with E-state index in [-0.39, 0.29) is 0 Å². The number of aryl methyl sites for hydroxylation is 1. The molecule has 0 saturated carbocycles. The first-order valence-electron chi connectivity index (χ1n) is 12.5. The maximum absolute atomic E-state index is 12.7. The van der Waals surface area contributed by atoms with Crippen molar-refractivity contribution < 1.29 is 19.4 Å². The maximum atomic E-state index is 12.7. The molecule has 2 aromatic heterocycles. The first-order chi connectivity index (χ1) is 18.3. The summed E-state index contributed by atoms with van der Waals surface area (Å²) in [6, 6.07) is 11.1. The summed E-state index contributed by atoms with van der Waals surface area (Å²) in [6.45, 7) is 8.52. The average Bonchev–Trinajstić information content (AvgIpc) is 3.23. The summed E-state index contributed by atoms with van der Waals surface area (Å²) in [4.78, 5) is 35.7. The van der Waals surface area contributed by atoms with E-state index >= 15 is 0 Å². The van der Waals surface area contributed by atoms with E-state index in [9.17, 15) is 14.7 Å². The molecule has 0 spiro atoms. The number of rotatable bonds is 10. The smallest absolute Gasteiger partial charge is 0.408 e. The van der Waals surface area contributed by atoms with Crippen molar-refractivity contribution in [2.75, 3.05) is 28.7 Å². The topological polar surface area (TPSA) is 125 Å². The van der Waals surface area contributed by atoms with E-state index in [0.29, 0.717) is 16.0 Å². The fourth-order valence-electron chi connectivity index (χ4n) is 3.80. The predicted molar refractivity (Wildman–Crippen MR) is 161 cm³/mol. The number of aromatic nitrogens is 2. The molecule has 9 nitrogen and oxygen atoms in total. The number of carbonyl (C=O) groups excluding carboxylic acids is 2. The highest BCUT2D eigenvalue weighted by Crippen LogP contribution is 2.53. The van der Waals surface area contributed by atoms with Gasteiger partial charge in [0.15, 0.2) is 10.3 Å². The molecule has 0 fully saturated rings. The molecule has 2 atom stereocenters. The minimum Gasteiger partial charge on any atom is -0.444 e. The quantitative estimate of drug-likeness (QED) is 0.206. The third-order valence-corrected chi connectivity index (χ3v) is 10.2. The molecule has 0 aliphatic heterocycles. The summed E-state index contributed by atoms with van der Waals surface area (Å²) in [5.41, 5.74) is 1.48. The van der Waals surface area contributed by atoms with Gasteiger partial charge in [0.25, 0.3) is 5.91 Å². The molecule has 0 bridgehead atoms. The lowest BCUT2D eigenvalue weighted by molar-refractivity contribution is -0.119. The zero-order chi connectivity index (χ0) is 28.8. The molecule has 39 heavy (non-hydrogen) atoms. The number of hydrogen-bond donors (Lipinski definition) is 4. The van der Waals surface area contributed by atoms with E-state index < -0.39 is 40.5 Å². The number of nitrogens with one attached hydrogen (secondary N) is 3. The van der Waals surface area contributed by atoms with Gasteiger partial charge in [-0.15, -0.1) is 10.2 Å². The van der Waals surface area contributed by atoms with Crippen molar-refractivity contribution in [3.63, 3.8) is 0 Å². The third kappa shape index (κ3) is 8.31. The van der Waals surface area contributed by atoms with Gasteiger partial charge in [-0.1, -0.05) is 48.1 Å². The Kier molecular flexibility index (Phi) is 10.2. The van der Waals surface area contributed by atoms with Gasteiger partial charge >= 0.3 is 6.09 Å². The Morgan fingerprint density at radius 3 is 2.54 bits per heavy atom. The molecule has 0 aliphatic rings. The lowest BCUT2D eigenvalue weighted by Crippen LogP contribution is -2.47. The standard InChI is InChI=1S/C27H36ClN5O4S2/c1-7-13-39(6,19-11-9-8-10-12-19)33-20-14-18(15-29-23(20)28)22-17(2)30-25(38-22)32-24(35)21(16-34)31-26(36)37-27(3,4)5/h8-12,14-15,21,33-34H,7,13,16H2,1-6H3,(H,31,36)(H,30,32,35). The van der Waals surface area contributed by atoms with E-state index in [1.807, 2.05) is 31.2 Å². The number of pyridine rings is 1.